The van der Waals surface area contributed by atoms with Gasteiger partial charge in [0, 0.05) is 0 Å². The van der Waals surface area contributed by atoms with E-state index < -0.39 is 16.5 Å². The Kier molecular flexibility index (Phi) is 4.83. The summed E-state index contributed by atoms with van der Waals surface area (Å²) in [5.41, 5.74) is 0. The maximum atomic E-state index is 11.7. The average Bonchev–Trinajstić information content (AvgIpc) is 2.89. The van der Waals surface area contributed by atoms with E-state index in [4.69, 9.17) is 4.74 Å². The number of esters is 1. The summed E-state index contributed by atoms with van der Waals surface area (Å²) in [6.07, 6.45) is 1.03. The molecule has 1 aliphatic rings. The van der Waals surface area contributed by atoms with Crippen LogP contribution in [0.1, 0.15) is 13.3 Å². The fraction of sp³-hybridized carbons (Fsp3) is 0.923. The number of rotatable bonds is 6. The summed E-state index contributed by atoms with van der Waals surface area (Å²) >= 11 is 0. The van der Waals surface area contributed by atoms with Crippen molar-refractivity contribution in [3.63, 3.8) is 0 Å². The third-order valence-electron chi connectivity index (χ3n) is 3.55. The minimum absolute atomic E-state index is 0.0219. The van der Waals surface area contributed by atoms with Crippen LogP contribution in [0.3, 0.4) is 0 Å². The molecule has 1 fully saturated rings. The average molecular weight is 288 g/mol. The van der Waals surface area contributed by atoms with Gasteiger partial charge in [0.05, 0.1) is 12.5 Å². The first-order valence-electron chi connectivity index (χ1n) is 7.01. The van der Waals surface area contributed by atoms with E-state index in [1.54, 1.807) is 0 Å². The van der Waals surface area contributed by atoms with Gasteiger partial charge in [-0.3, -0.25) is 4.79 Å². The van der Waals surface area contributed by atoms with Crippen molar-refractivity contribution in [1.29, 1.82) is 0 Å². The lowest BCUT2D eigenvalue weighted by Crippen LogP contribution is -2.59. The van der Waals surface area contributed by atoms with Crippen LogP contribution in [0.2, 0.25) is 39.3 Å². The molecule has 0 bridgehead atoms. The second kappa shape index (κ2) is 5.47. The van der Waals surface area contributed by atoms with Crippen molar-refractivity contribution in [1.82, 2.24) is 4.23 Å². The van der Waals surface area contributed by atoms with Crippen LogP contribution >= 0.6 is 0 Å². The largest absolute Gasteiger partial charge is 0.466 e. The molecular formula is C13H29NO2Si2. The zero-order valence-corrected chi connectivity index (χ0v) is 15.0. The van der Waals surface area contributed by atoms with Crippen LogP contribution in [0.15, 0.2) is 0 Å². The SMILES string of the molecule is CCOC(=O)C1CC1CN([Si](C)(C)C)[Si](C)(C)C. The van der Waals surface area contributed by atoms with Crippen molar-refractivity contribution in [2.24, 2.45) is 11.8 Å². The third-order valence-corrected chi connectivity index (χ3v) is 11.2. The lowest BCUT2D eigenvalue weighted by atomic mass is 10.3. The molecule has 1 rings (SSSR count). The number of carbonyl (C=O) groups excluding carboxylic acids is 1. The first-order chi connectivity index (χ1) is 8.07. The molecular weight excluding hydrogens is 258 g/mol. The molecule has 5 heteroatoms. The van der Waals surface area contributed by atoms with Gasteiger partial charge in [-0.15, -0.1) is 0 Å². The molecule has 0 aromatic rings. The van der Waals surface area contributed by atoms with Gasteiger partial charge in [-0.1, -0.05) is 39.3 Å². The Balaban J connectivity index is 2.59. The minimum atomic E-state index is -1.28. The van der Waals surface area contributed by atoms with Crippen LogP contribution in [0, 0.1) is 11.8 Å². The highest BCUT2D eigenvalue weighted by Crippen LogP contribution is 2.41. The molecule has 106 valence electrons. The van der Waals surface area contributed by atoms with E-state index in [9.17, 15) is 4.79 Å². The number of carbonyl (C=O) groups is 1. The van der Waals surface area contributed by atoms with E-state index in [-0.39, 0.29) is 11.9 Å². The van der Waals surface area contributed by atoms with Crippen molar-refractivity contribution in [2.45, 2.75) is 52.6 Å². The van der Waals surface area contributed by atoms with Crippen LogP contribution in [0.25, 0.3) is 0 Å². The minimum Gasteiger partial charge on any atom is -0.466 e. The fourth-order valence-corrected chi connectivity index (χ4v) is 12.4. The molecule has 18 heavy (non-hydrogen) atoms. The monoisotopic (exact) mass is 287 g/mol. The summed E-state index contributed by atoms with van der Waals surface area (Å²) in [6.45, 7) is 18.0. The van der Waals surface area contributed by atoms with Crippen molar-refractivity contribution in [3.05, 3.63) is 0 Å². The Bertz CT molecular complexity index is 293. The van der Waals surface area contributed by atoms with Gasteiger partial charge < -0.3 is 8.97 Å². The molecule has 2 unspecified atom stereocenters. The summed E-state index contributed by atoms with van der Waals surface area (Å²) in [6, 6.07) is 0. The Labute approximate surface area is 114 Å². The molecule has 0 saturated heterocycles. The highest BCUT2D eigenvalue weighted by Gasteiger charge is 2.47. The van der Waals surface area contributed by atoms with E-state index >= 15 is 0 Å². The van der Waals surface area contributed by atoms with Crippen molar-refractivity contribution < 1.29 is 9.53 Å². The van der Waals surface area contributed by atoms with Crippen LogP contribution < -0.4 is 0 Å². The summed E-state index contributed by atoms with van der Waals surface area (Å²) in [4.78, 5) is 11.7. The van der Waals surface area contributed by atoms with Crippen molar-refractivity contribution >= 4 is 22.4 Å². The first-order valence-corrected chi connectivity index (χ1v) is 13.9. The first kappa shape index (κ1) is 15.9. The number of nitrogens with zero attached hydrogens (tertiary/aromatic N) is 1. The molecule has 0 N–H and O–H groups in total. The number of hydrogen-bond donors (Lipinski definition) is 0. The topological polar surface area (TPSA) is 29.5 Å². The van der Waals surface area contributed by atoms with Crippen molar-refractivity contribution in [3.8, 4) is 0 Å². The second-order valence-corrected chi connectivity index (χ2v) is 17.5. The standard InChI is InChI=1S/C13H29NO2Si2/c1-8-16-13(15)12-9-11(12)10-14(17(2,3)4)18(5,6)7/h11-12H,8-10H2,1-7H3. The molecule has 1 aliphatic carbocycles. The molecule has 0 heterocycles. The zero-order valence-electron chi connectivity index (χ0n) is 13.0. The predicted octanol–water partition coefficient (Wildman–Crippen LogP) is 3.16. The number of ether oxygens (including phenoxy) is 1. The molecule has 0 aromatic heterocycles. The van der Waals surface area contributed by atoms with Crippen LogP contribution in [0.4, 0.5) is 0 Å². The molecule has 0 amide bonds. The van der Waals surface area contributed by atoms with Crippen LogP contribution in [-0.2, 0) is 9.53 Å². The fourth-order valence-electron chi connectivity index (χ4n) is 2.78. The van der Waals surface area contributed by atoms with E-state index in [0.717, 1.165) is 13.0 Å². The lowest BCUT2D eigenvalue weighted by Gasteiger charge is -2.43. The van der Waals surface area contributed by atoms with Gasteiger partial charge in [-0.2, -0.15) is 0 Å². The van der Waals surface area contributed by atoms with Gasteiger partial charge in [-0.25, -0.2) is 0 Å². The summed E-state index contributed by atoms with van der Waals surface area (Å²) in [5, 5.41) is 0. The quantitative estimate of drug-likeness (QED) is 0.555. The van der Waals surface area contributed by atoms with Crippen LogP contribution in [-0.4, -0.2) is 39.8 Å². The lowest BCUT2D eigenvalue weighted by molar-refractivity contribution is -0.145. The summed E-state index contributed by atoms with van der Waals surface area (Å²) < 4.78 is 7.88. The molecule has 0 radical (unpaired) electrons. The molecule has 3 nitrogen and oxygen atoms in total. The molecule has 0 aliphatic heterocycles. The smallest absolute Gasteiger partial charge is 0.309 e. The van der Waals surface area contributed by atoms with Gasteiger partial charge in [0.1, 0.15) is 16.5 Å². The van der Waals surface area contributed by atoms with E-state index in [1.807, 2.05) is 6.92 Å². The third kappa shape index (κ3) is 4.21. The normalized spacial score (nSPS) is 24.2. The predicted molar refractivity (Wildman–Crippen MR) is 81.6 cm³/mol. The van der Waals surface area contributed by atoms with Crippen LogP contribution in [0.5, 0.6) is 0 Å². The Morgan fingerprint density at radius 1 is 1.17 bits per heavy atom. The zero-order chi connectivity index (χ0) is 14.1. The van der Waals surface area contributed by atoms with Gasteiger partial charge >= 0.3 is 5.97 Å². The van der Waals surface area contributed by atoms with E-state index in [1.165, 1.54) is 0 Å². The van der Waals surface area contributed by atoms with Crippen molar-refractivity contribution in [2.75, 3.05) is 13.2 Å². The molecule has 0 aromatic carbocycles. The molecule has 1 saturated carbocycles. The highest BCUT2D eigenvalue weighted by atomic mass is 28.4. The summed E-state index contributed by atoms with van der Waals surface area (Å²) in [7, 11) is -2.57. The Morgan fingerprint density at radius 2 is 1.67 bits per heavy atom. The maximum absolute atomic E-state index is 11.7. The van der Waals surface area contributed by atoms with E-state index in [0.29, 0.717) is 12.5 Å². The molecule has 2 atom stereocenters. The summed E-state index contributed by atoms with van der Waals surface area (Å²) in [5.74, 6) is 0.747. The highest BCUT2D eigenvalue weighted by molar-refractivity contribution is 6.89. The van der Waals surface area contributed by atoms with Gasteiger partial charge in [0.15, 0.2) is 0 Å². The Morgan fingerprint density at radius 3 is 2.06 bits per heavy atom. The molecule has 0 spiro atoms. The van der Waals surface area contributed by atoms with Gasteiger partial charge in [0.25, 0.3) is 0 Å². The van der Waals surface area contributed by atoms with Gasteiger partial charge in [-0.05, 0) is 25.8 Å². The van der Waals surface area contributed by atoms with E-state index in [2.05, 4.69) is 43.5 Å². The maximum Gasteiger partial charge on any atom is 0.309 e. The number of hydrogen-bond acceptors (Lipinski definition) is 3. The second-order valence-electron chi connectivity index (χ2n) is 7.31. The Hall–Kier alpha value is -0.136. The van der Waals surface area contributed by atoms with Gasteiger partial charge in [0.2, 0.25) is 0 Å².